The normalized spacial score (nSPS) is 20.1. The molecule has 2 fully saturated rings. The summed E-state index contributed by atoms with van der Waals surface area (Å²) in [6.07, 6.45) is 3.93. The smallest absolute Gasteiger partial charge is 0.238 e. The Balaban J connectivity index is 0.00000208. The predicted octanol–water partition coefficient (Wildman–Crippen LogP) is 1.94. The van der Waals surface area contributed by atoms with E-state index in [9.17, 15) is 9.59 Å². The lowest BCUT2D eigenvalue weighted by Gasteiger charge is -2.16. The summed E-state index contributed by atoms with van der Waals surface area (Å²) >= 11 is 0. The van der Waals surface area contributed by atoms with Gasteiger partial charge >= 0.3 is 0 Å². The van der Waals surface area contributed by atoms with Crippen molar-refractivity contribution in [1.82, 2.24) is 5.32 Å². The zero-order chi connectivity index (χ0) is 16.1. The fourth-order valence-electron chi connectivity index (χ4n) is 3.00. The van der Waals surface area contributed by atoms with E-state index in [4.69, 9.17) is 4.74 Å². The van der Waals surface area contributed by atoms with E-state index in [0.717, 1.165) is 43.8 Å². The van der Waals surface area contributed by atoms with Crippen molar-refractivity contribution in [2.75, 3.05) is 36.5 Å². The first-order valence-electron chi connectivity index (χ1n) is 8.25. The van der Waals surface area contributed by atoms with Gasteiger partial charge in [-0.15, -0.1) is 12.4 Å². The molecule has 2 aliphatic rings. The molecule has 0 bridgehead atoms. The first-order chi connectivity index (χ1) is 11.2. The van der Waals surface area contributed by atoms with Gasteiger partial charge in [-0.1, -0.05) is 0 Å². The number of hydrogen-bond acceptors (Lipinski definition) is 4. The molecule has 7 heteroatoms. The van der Waals surface area contributed by atoms with Crippen LogP contribution < -0.4 is 15.5 Å². The van der Waals surface area contributed by atoms with Gasteiger partial charge in [0.15, 0.2) is 0 Å². The van der Waals surface area contributed by atoms with Crippen LogP contribution in [0.15, 0.2) is 24.3 Å². The summed E-state index contributed by atoms with van der Waals surface area (Å²) in [6, 6.07) is 7.41. The van der Waals surface area contributed by atoms with Crippen molar-refractivity contribution in [3.05, 3.63) is 24.3 Å². The van der Waals surface area contributed by atoms with Gasteiger partial charge in [-0.25, -0.2) is 0 Å². The van der Waals surface area contributed by atoms with E-state index in [1.165, 1.54) is 0 Å². The van der Waals surface area contributed by atoms with Crippen molar-refractivity contribution in [3.63, 3.8) is 0 Å². The Bertz CT molecular complexity index is 559. The Morgan fingerprint density at radius 2 is 2.04 bits per heavy atom. The number of anilines is 2. The van der Waals surface area contributed by atoms with Gasteiger partial charge < -0.3 is 20.3 Å². The third-order valence-electron chi connectivity index (χ3n) is 4.22. The molecule has 0 saturated carbocycles. The summed E-state index contributed by atoms with van der Waals surface area (Å²) in [6.45, 7) is 2.58. The maximum atomic E-state index is 11.9. The summed E-state index contributed by atoms with van der Waals surface area (Å²) in [4.78, 5) is 25.4. The second-order valence-corrected chi connectivity index (χ2v) is 6.01. The van der Waals surface area contributed by atoms with E-state index in [1.54, 1.807) is 4.90 Å². The van der Waals surface area contributed by atoms with Gasteiger partial charge in [-0.3, -0.25) is 9.59 Å². The summed E-state index contributed by atoms with van der Waals surface area (Å²) < 4.78 is 5.50. The molecule has 0 spiro atoms. The Morgan fingerprint density at radius 3 is 2.67 bits per heavy atom. The Morgan fingerprint density at radius 1 is 1.25 bits per heavy atom. The first kappa shape index (κ1) is 18.7. The summed E-state index contributed by atoms with van der Waals surface area (Å²) in [5.74, 6) is 0.0908. The zero-order valence-electron chi connectivity index (χ0n) is 13.6. The second-order valence-electron chi connectivity index (χ2n) is 6.01. The number of nitrogens with zero attached hydrogens (tertiary/aromatic N) is 1. The minimum atomic E-state index is -0.0759. The van der Waals surface area contributed by atoms with Gasteiger partial charge in [0.2, 0.25) is 11.8 Å². The summed E-state index contributed by atoms with van der Waals surface area (Å²) in [5, 5.41) is 5.97. The highest BCUT2D eigenvalue weighted by Crippen LogP contribution is 2.22. The topological polar surface area (TPSA) is 70.7 Å². The van der Waals surface area contributed by atoms with E-state index in [1.807, 2.05) is 24.3 Å². The maximum Gasteiger partial charge on any atom is 0.238 e. The molecule has 0 aromatic heterocycles. The zero-order valence-corrected chi connectivity index (χ0v) is 14.4. The van der Waals surface area contributed by atoms with Crippen molar-refractivity contribution in [1.29, 1.82) is 0 Å². The second kappa shape index (κ2) is 9.01. The molecule has 2 aliphatic heterocycles. The molecule has 2 N–H and O–H groups in total. The number of carbonyl (C=O) groups excluding carboxylic acids is 2. The molecule has 132 valence electrons. The van der Waals surface area contributed by atoms with E-state index < -0.39 is 0 Å². The third kappa shape index (κ3) is 4.93. The lowest BCUT2D eigenvalue weighted by molar-refractivity contribution is -0.117. The van der Waals surface area contributed by atoms with Crippen LogP contribution in [-0.2, 0) is 14.3 Å². The predicted molar refractivity (Wildman–Crippen MR) is 95.8 cm³/mol. The molecule has 2 amide bonds. The number of nitrogens with one attached hydrogen (secondary N) is 2. The van der Waals surface area contributed by atoms with Crippen LogP contribution in [0.25, 0.3) is 0 Å². The highest BCUT2D eigenvalue weighted by atomic mass is 35.5. The molecule has 2 heterocycles. The molecule has 24 heavy (non-hydrogen) atoms. The number of carbonyl (C=O) groups is 2. The Kier molecular flexibility index (Phi) is 7.02. The van der Waals surface area contributed by atoms with Crippen molar-refractivity contribution in [2.24, 2.45) is 0 Å². The fraction of sp³-hybridized carbons (Fsp3) is 0.529. The molecule has 1 atom stereocenters. The van der Waals surface area contributed by atoms with Gasteiger partial charge in [0.25, 0.3) is 0 Å². The molecule has 0 aliphatic carbocycles. The fourth-order valence-corrected chi connectivity index (χ4v) is 3.00. The molecule has 1 aromatic rings. The van der Waals surface area contributed by atoms with Crippen molar-refractivity contribution in [2.45, 2.75) is 31.8 Å². The number of hydrogen-bond donors (Lipinski definition) is 2. The number of ether oxygens (including phenoxy) is 1. The van der Waals surface area contributed by atoms with Crippen molar-refractivity contribution in [3.8, 4) is 0 Å². The molecule has 0 radical (unpaired) electrons. The third-order valence-corrected chi connectivity index (χ3v) is 4.22. The molecule has 3 rings (SSSR count). The highest BCUT2D eigenvalue weighted by Gasteiger charge is 2.21. The van der Waals surface area contributed by atoms with E-state index in [2.05, 4.69) is 10.6 Å². The largest absolute Gasteiger partial charge is 0.377 e. The number of amides is 2. The lowest BCUT2D eigenvalue weighted by Crippen LogP contribution is -2.33. The van der Waals surface area contributed by atoms with Gasteiger partial charge in [0, 0.05) is 37.5 Å². The standard InChI is InChI=1S/C17H23N3O3.ClH/c21-16(12-18-11-15-3-2-10-23-15)19-13-5-7-14(8-6-13)20-9-1-4-17(20)22;/h5-8,15,18H,1-4,9-12H2,(H,19,21);1H. The number of halogens is 1. The lowest BCUT2D eigenvalue weighted by atomic mass is 10.2. The number of benzene rings is 1. The van der Waals surface area contributed by atoms with Crippen LogP contribution in [0.4, 0.5) is 11.4 Å². The summed E-state index contributed by atoms with van der Waals surface area (Å²) in [7, 11) is 0. The average molecular weight is 354 g/mol. The molecular formula is C17H24ClN3O3. The van der Waals surface area contributed by atoms with E-state index in [0.29, 0.717) is 13.0 Å². The van der Waals surface area contributed by atoms with Gasteiger partial charge in [0.05, 0.1) is 12.6 Å². The first-order valence-corrected chi connectivity index (χ1v) is 8.25. The average Bonchev–Trinajstić information content (AvgIpc) is 3.20. The molecular weight excluding hydrogens is 330 g/mol. The molecule has 1 unspecified atom stereocenters. The van der Waals surface area contributed by atoms with Crippen molar-refractivity contribution < 1.29 is 14.3 Å². The molecule has 1 aromatic carbocycles. The minimum Gasteiger partial charge on any atom is -0.377 e. The van der Waals surface area contributed by atoms with E-state index in [-0.39, 0.29) is 36.9 Å². The quantitative estimate of drug-likeness (QED) is 0.820. The highest BCUT2D eigenvalue weighted by molar-refractivity contribution is 5.96. The minimum absolute atomic E-state index is 0. The number of rotatable bonds is 6. The van der Waals surface area contributed by atoms with Gasteiger partial charge in [-0.05, 0) is 43.5 Å². The van der Waals surface area contributed by atoms with Crippen LogP contribution >= 0.6 is 12.4 Å². The van der Waals surface area contributed by atoms with Crippen LogP contribution in [0.1, 0.15) is 25.7 Å². The van der Waals surface area contributed by atoms with Gasteiger partial charge in [-0.2, -0.15) is 0 Å². The van der Waals surface area contributed by atoms with Crippen LogP contribution in [0, 0.1) is 0 Å². The molecule has 2 saturated heterocycles. The molecule has 6 nitrogen and oxygen atoms in total. The van der Waals surface area contributed by atoms with Crippen LogP contribution in [0.5, 0.6) is 0 Å². The SMILES string of the molecule is Cl.O=C(CNCC1CCCO1)Nc1ccc(N2CCCC2=O)cc1. The Labute approximate surface area is 148 Å². The van der Waals surface area contributed by atoms with E-state index >= 15 is 0 Å². The van der Waals surface area contributed by atoms with Crippen LogP contribution in [0.3, 0.4) is 0 Å². The van der Waals surface area contributed by atoms with Gasteiger partial charge in [0.1, 0.15) is 0 Å². The van der Waals surface area contributed by atoms with Crippen LogP contribution in [-0.4, -0.2) is 44.2 Å². The monoisotopic (exact) mass is 353 g/mol. The Hall–Kier alpha value is -1.63. The van der Waals surface area contributed by atoms with Crippen molar-refractivity contribution >= 4 is 35.6 Å². The maximum absolute atomic E-state index is 11.9. The van der Waals surface area contributed by atoms with Crippen LogP contribution in [0.2, 0.25) is 0 Å². The summed E-state index contributed by atoms with van der Waals surface area (Å²) in [5.41, 5.74) is 1.63.